The van der Waals surface area contributed by atoms with Crippen molar-refractivity contribution >= 4 is 72.0 Å². The lowest BCUT2D eigenvalue weighted by molar-refractivity contribution is 0.0686. The van der Waals surface area contributed by atoms with Gasteiger partial charge >= 0.3 is 11.9 Å². The molecule has 6 N–H and O–H groups in total. The van der Waals surface area contributed by atoms with Gasteiger partial charge in [-0.1, -0.05) is 24.3 Å². The summed E-state index contributed by atoms with van der Waals surface area (Å²) in [7, 11) is -4.86. The lowest BCUT2D eigenvalue weighted by Crippen LogP contribution is -1.99. The number of phenolic OH excluding ortho intramolecular Hbond substituents is 1. The molecular formula is C28H19N5O8S. The molecule has 0 saturated carbocycles. The molecule has 0 amide bonds. The number of nitrogens with zero attached hydrogens (tertiary/aromatic N) is 4. The number of hydrogen-bond donors (Lipinski definition) is 5. The smallest absolute Gasteiger partial charge is 0.337 e. The van der Waals surface area contributed by atoms with Gasteiger partial charge in [-0.15, -0.1) is 20.5 Å². The second-order valence-electron chi connectivity index (χ2n) is 8.92. The van der Waals surface area contributed by atoms with Crippen LogP contribution in [0.2, 0.25) is 0 Å². The first-order valence-corrected chi connectivity index (χ1v) is 13.4. The fraction of sp³-hybridized carbons (Fsp3) is 0. The van der Waals surface area contributed by atoms with Crippen LogP contribution in [0, 0.1) is 0 Å². The molecule has 0 heterocycles. The number of hydrogen-bond acceptors (Lipinski definition) is 10. The molecule has 0 aromatic heterocycles. The zero-order valence-corrected chi connectivity index (χ0v) is 22.0. The summed E-state index contributed by atoms with van der Waals surface area (Å²) in [5.74, 6) is -3.03. The van der Waals surface area contributed by atoms with E-state index in [9.17, 15) is 37.9 Å². The normalized spacial score (nSPS) is 12.0. The molecule has 5 aromatic rings. The topological polar surface area (TPSA) is 225 Å². The molecule has 210 valence electrons. The molecule has 0 aliphatic rings. The van der Waals surface area contributed by atoms with E-state index in [1.165, 1.54) is 60.7 Å². The van der Waals surface area contributed by atoms with Crippen LogP contribution in [0.3, 0.4) is 0 Å². The van der Waals surface area contributed by atoms with E-state index in [1.807, 2.05) is 0 Å². The van der Waals surface area contributed by atoms with Crippen LogP contribution in [-0.4, -0.2) is 40.2 Å². The van der Waals surface area contributed by atoms with Gasteiger partial charge in [0.1, 0.15) is 16.3 Å². The van der Waals surface area contributed by atoms with E-state index in [0.29, 0.717) is 5.39 Å². The molecule has 0 bridgehead atoms. The number of azo groups is 2. The van der Waals surface area contributed by atoms with Crippen LogP contribution in [0.25, 0.3) is 21.5 Å². The molecule has 0 atom stereocenters. The fourth-order valence-electron chi connectivity index (χ4n) is 4.23. The number of fused-ring (bicyclic) bond motifs is 2. The summed E-state index contributed by atoms with van der Waals surface area (Å²) in [6.45, 7) is 0. The van der Waals surface area contributed by atoms with Crippen molar-refractivity contribution in [2.24, 2.45) is 20.5 Å². The van der Waals surface area contributed by atoms with Gasteiger partial charge in [0.25, 0.3) is 10.1 Å². The summed E-state index contributed by atoms with van der Waals surface area (Å²) < 4.78 is 34.1. The Hall–Kier alpha value is -5.73. The van der Waals surface area contributed by atoms with E-state index in [-0.39, 0.29) is 50.0 Å². The van der Waals surface area contributed by atoms with E-state index in [4.69, 9.17) is 5.73 Å². The molecule has 0 fully saturated rings. The molecule has 0 radical (unpaired) electrons. The highest BCUT2D eigenvalue weighted by molar-refractivity contribution is 7.86. The SMILES string of the molecule is Nc1ccc2cc(S(=O)(=O)O)c(/N=N/c3ccc(/N=N/c4ccccc4C(=O)O)c4ccc(C(=O)O)cc34)c(O)c2c1. The van der Waals surface area contributed by atoms with E-state index < -0.39 is 38.4 Å². The van der Waals surface area contributed by atoms with Gasteiger partial charge in [0.05, 0.1) is 22.5 Å². The van der Waals surface area contributed by atoms with Crippen molar-refractivity contribution in [2.45, 2.75) is 4.90 Å². The fourth-order valence-corrected chi connectivity index (χ4v) is 4.89. The molecule has 14 heteroatoms. The van der Waals surface area contributed by atoms with Gasteiger partial charge in [0.2, 0.25) is 0 Å². The quantitative estimate of drug-likeness (QED) is 0.0771. The van der Waals surface area contributed by atoms with Gasteiger partial charge in [-0.05, 0) is 60.0 Å². The molecule has 0 unspecified atom stereocenters. The van der Waals surface area contributed by atoms with Crippen LogP contribution in [0.1, 0.15) is 20.7 Å². The van der Waals surface area contributed by atoms with Gasteiger partial charge in [-0.3, -0.25) is 4.55 Å². The Balaban J connectivity index is 1.68. The Kier molecular flexibility index (Phi) is 7.08. The minimum absolute atomic E-state index is 0.0614. The number of carboxylic acid groups (broad SMARTS) is 2. The molecule has 0 aliphatic heterocycles. The Morgan fingerprint density at radius 1 is 0.690 bits per heavy atom. The molecule has 0 saturated heterocycles. The third kappa shape index (κ3) is 5.34. The van der Waals surface area contributed by atoms with Crippen LogP contribution >= 0.6 is 0 Å². The summed E-state index contributed by atoms with van der Waals surface area (Å²) in [4.78, 5) is 22.5. The number of aromatic carboxylic acids is 2. The third-order valence-electron chi connectivity index (χ3n) is 6.23. The largest absolute Gasteiger partial charge is 0.505 e. The van der Waals surface area contributed by atoms with Crippen molar-refractivity contribution in [3.8, 4) is 5.75 Å². The average Bonchev–Trinajstić information content (AvgIpc) is 2.95. The first-order valence-electron chi connectivity index (χ1n) is 11.9. The maximum absolute atomic E-state index is 12.2. The number of anilines is 1. The number of nitrogen functional groups attached to an aromatic ring is 1. The first kappa shape index (κ1) is 27.8. The molecule has 42 heavy (non-hydrogen) atoms. The van der Waals surface area contributed by atoms with Crippen molar-refractivity contribution in [1.29, 1.82) is 0 Å². The molecule has 13 nitrogen and oxygen atoms in total. The monoisotopic (exact) mass is 585 g/mol. The van der Waals surface area contributed by atoms with Crippen LogP contribution in [-0.2, 0) is 10.1 Å². The van der Waals surface area contributed by atoms with Crippen molar-refractivity contribution in [1.82, 2.24) is 0 Å². The van der Waals surface area contributed by atoms with Gasteiger partial charge in [-0.25, -0.2) is 9.59 Å². The highest BCUT2D eigenvalue weighted by Crippen LogP contribution is 2.43. The van der Waals surface area contributed by atoms with E-state index in [2.05, 4.69) is 20.5 Å². The first-order chi connectivity index (χ1) is 19.9. The van der Waals surface area contributed by atoms with E-state index in [0.717, 1.165) is 6.07 Å². The molecule has 0 spiro atoms. The molecule has 0 aliphatic carbocycles. The summed E-state index contributed by atoms with van der Waals surface area (Å²) in [6.07, 6.45) is 0. The van der Waals surface area contributed by atoms with Gasteiger partial charge in [0.15, 0.2) is 5.75 Å². The Morgan fingerprint density at radius 3 is 2.05 bits per heavy atom. The summed E-state index contributed by atoms with van der Waals surface area (Å²) in [5.41, 5.74) is 5.74. The van der Waals surface area contributed by atoms with Crippen LogP contribution < -0.4 is 5.73 Å². The summed E-state index contributed by atoms with van der Waals surface area (Å²) >= 11 is 0. The second kappa shape index (κ2) is 10.7. The Bertz CT molecular complexity index is 2110. The number of benzene rings is 5. The number of carboxylic acids is 2. The van der Waals surface area contributed by atoms with Crippen molar-refractivity contribution in [2.75, 3.05) is 5.73 Å². The number of nitrogens with two attached hydrogens (primary N) is 1. The lowest BCUT2D eigenvalue weighted by atomic mass is 10.0. The van der Waals surface area contributed by atoms with Crippen molar-refractivity contribution < 1.29 is 37.9 Å². The van der Waals surface area contributed by atoms with Crippen molar-refractivity contribution in [3.05, 3.63) is 90.0 Å². The zero-order chi connectivity index (χ0) is 30.2. The number of phenols is 1. The van der Waals surface area contributed by atoms with Crippen LogP contribution in [0.15, 0.2) is 104 Å². The molecule has 5 rings (SSSR count). The zero-order valence-electron chi connectivity index (χ0n) is 21.2. The van der Waals surface area contributed by atoms with E-state index >= 15 is 0 Å². The minimum atomic E-state index is -4.86. The van der Waals surface area contributed by atoms with Crippen molar-refractivity contribution in [3.63, 3.8) is 0 Å². The standard InChI is InChI=1S/C28H19N5O8S/c29-16-7-5-14-12-24(42(39,40)41)25(26(34)19(14)13-16)33-32-23-10-9-22(17-8-6-15(27(35)36)11-20(17)23)31-30-21-4-2-1-3-18(21)28(37)38/h1-13,34H,29H2,(H,35,36)(H,37,38)(H,39,40,41)/b31-30+,33-32+. The predicted octanol–water partition coefficient (Wildman–Crippen LogP) is 6.75. The maximum atomic E-state index is 12.2. The van der Waals surface area contributed by atoms with Crippen LogP contribution in [0.4, 0.5) is 28.4 Å². The predicted molar refractivity (Wildman–Crippen MR) is 153 cm³/mol. The van der Waals surface area contributed by atoms with Crippen LogP contribution in [0.5, 0.6) is 5.75 Å². The average molecular weight is 586 g/mol. The highest BCUT2D eigenvalue weighted by atomic mass is 32.2. The van der Waals surface area contributed by atoms with Gasteiger partial charge < -0.3 is 21.1 Å². The van der Waals surface area contributed by atoms with Gasteiger partial charge in [0, 0.05) is 21.8 Å². The Labute approximate surface area is 236 Å². The second-order valence-corrected chi connectivity index (χ2v) is 10.3. The number of aromatic hydroxyl groups is 1. The highest BCUT2D eigenvalue weighted by Gasteiger charge is 2.22. The number of carbonyl (C=O) groups is 2. The maximum Gasteiger partial charge on any atom is 0.337 e. The van der Waals surface area contributed by atoms with E-state index in [1.54, 1.807) is 12.1 Å². The third-order valence-corrected chi connectivity index (χ3v) is 7.10. The van der Waals surface area contributed by atoms with Gasteiger partial charge in [-0.2, -0.15) is 8.42 Å². The minimum Gasteiger partial charge on any atom is -0.505 e. The lowest BCUT2D eigenvalue weighted by Gasteiger charge is -2.10. The summed E-state index contributed by atoms with van der Waals surface area (Å²) in [5, 5.41) is 47.1. The summed E-state index contributed by atoms with van der Waals surface area (Å²) in [6, 6.07) is 18.4. The number of rotatable bonds is 7. The Morgan fingerprint density at radius 2 is 1.36 bits per heavy atom. The molecular weight excluding hydrogens is 566 g/mol. The molecule has 5 aromatic carbocycles.